The van der Waals surface area contributed by atoms with Crippen LogP contribution in [0, 0.1) is 5.92 Å². The normalized spacial score (nSPS) is 34.4. The molecule has 124 valence electrons. The van der Waals surface area contributed by atoms with Gasteiger partial charge < -0.3 is 15.3 Å². The van der Waals surface area contributed by atoms with Gasteiger partial charge in [-0.3, -0.25) is 0 Å². The maximum atomic E-state index is 9.92. The third kappa shape index (κ3) is 4.20. The highest BCUT2D eigenvalue weighted by Gasteiger charge is 2.41. The molecule has 3 unspecified atom stereocenters. The molecule has 21 heavy (non-hydrogen) atoms. The fraction of sp³-hybridized carbons (Fsp3) is 1.00. The summed E-state index contributed by atoms with van der Waals surface area (Å²) < 4.78 is 0. The van der Waals surface area contributed by atoms with Gasteiger partial charge in [-0.05, 0) is 64.1 Å². The first kappa shape index (κ1) is 17.2. The van der Waals surface area contributed by atoms with Crippen molar-refractivity contribution in [1.82, 2.24) is 10.2 Å². The minimum Gasteiger partial charge on any atom is -0.394 e. The van der Waals surface area contributed by atoms with E-state index in [4.69, 9.17) is 0 Å². The van der Waals surface area contributed by atoms with Crippen molar-refractivity contribution in [2.24, 2.45) is 5.92 Å². The molecule has 1 aliphatic heterocycles. The maximum Gasteiger partial charge on any atom is 0.0616 e. The molecule has 0 spiro atoms. The molecule has 2 rings (SSSR count). The summed E-state index contributed by atoms with van der Waals surface area (Å²) in [6.45, 7) is 8.29. The van der Waals surface area contributed by atoms with E-state index in [1.165, 1.54) is 64.5 Å². The molecule has 0 aromatic carbocycles. The molecule has 2 N–H and O–H groups in total. The highest BCUT2D eigenvalue weighted by atomic mass is 16.3. The molecule has 2 aliphatic rings. The van der Waals surface area contributed by atoms with Crippen molar-refractivity contribution in [3.63, 3.8) is 0 Å². The largest absolute Gasteiger partial charge is 0.394 e. The Bertz CT molecular complexity index is 295. The molecule has 0 aromatic rings. The molecule has 0 aromatic heterocycles. The van der Waals surface area contributed by atoms with Crippen molar-refractivity contribution >= 4 is 0 Å². The Morgan fingerprint density at radius 2 is 2.00 bits per heavy atom. The van der Waals surface area contributed by atoms with Crippen LogP contribution < -0.4 is 5.32 Å². The number of hydrogen-bond acceptors (Lipinski definition) is 3. The van der Waals surface area contributed by atoms with Gasteiger partial charge in [-0.1, -0.05) is 33.1 Å². The molecule has 0 bridgehead atoms. The predicted molar refractivity (Wildman–Crippen MR) is 89.6 cm³/mol. The van der Waals surface area contributed by atoms with Crippen LogP contribution in [0.25, 0.3) is 0 Å². The SMILES string of the molecule is CCCC1CCCCN1CCC1CCCC1(CO)NCC. The van der Waals surface area contributed by atoms with E-state index < -0.39 is 0 Å². The number of likely N-dealkylation sites (N-methyl/N-ethyl adjacent to an activating group) is 1. The second-order valence-electron chi connectivity index (χ2n) is 7.20. The Balaban J connectivity index is 1.88. The molecule has 1 aliphatic carbocycles. The first-order chi connectivity index (χ1) is 10.3. The number of piperidine rings is 1. The highest BCUT2D eigenvalue weighted by Crippen LogP contribution is 2.38. The average molecular weight is 296 g/mol. The second kappa shape index (κ2) is 8.50. The van der Waals surface area contributed by atoms with Gasteiger partial charge in [0.05, 0.1) is 6.61 Å². The fourth-order valence-corrected chi connectivity index (χ4v) is 4.75. The number of nitrogens with one attached hydrogen (secondary N) is 1. The van der Waals surface area contributed by atoms with Crippen LogP contribution in [0.15, 0.2) is 0 Å². The van der Waals surface area contributed by atoms with Crippen molar-refractivity contribution in [3.05, 3.63) is 0 Å². The van der Waals surface area contributed by atoms with Crippen LogP contribution in [0.5, 0.6) is 0 Å². The van der Waals surface area contributed by atoms with Gasteiger partial charge >= 0.3 is 0 Å². The lowest BCUT2D eigenvalue weighted by Crippen LogP contribution is -2.52. The first-order valence-corrected chi connectivity index (χ1v) is 9.35. The van der Waals surface area contributed by atoms with Crippen molar-refractivity contribution in [3.8, 4) is 0 Å². The van der Waals surface area contributed by atoms with E-state index >= 15 is 0 Å². The van der Waals surface area contributed by atoms with Crippen LogP contribution in [0.1, 0.15) is 71.6 Å². The summed E-state index contributed by atoms with van der Waals surface area (Å²) >= 11 is 0. The quantitative estimate of drug-likeness (QED) is 0.722. The van der Waals surface area contributed by atoms with Crippen LogP contribution >= 0.6 is 0 Å². The molecule has 2 fully saturated rings. The molecular formula is C18H36N2O. The van der Waals surface area contributed by atoms with E-state index in [0.717, 1.165) is 19.0 Å². The van der Waals surface area contributed by atoms with Gasteiger partial charge in [0, 0.05) is 11.6 Å². The molecule has 0 radical (unpaired) electrons. The zero-order valence-electron chi connectivity index (χ0n) is 14.2. The first-order valence-electron chi connectivity index (χ1n) is 9.35. The van der Waals surface area contributed by atoms with Crippen molar-refractivity contribution in [2.45, 2.75) is 83.2 Å². The van der Waals surface area contributed by atoms with E-state index in [1.54, 1.807) is 0 Å². The lowest BCUT2D eigenvalue weighted by molar-refractivity contribution is 0.0925. The summed E-state index contributed by atoms with van der Waals surface area (Å²) in [7, 11) is 0. The third-order valence-corrected chi connectivity index (χ3v) is 5.90. The minimum absolute atomic E-state index is 0.0186. The van der Waals surface area contributed by atoms with Crippen molar-refractivity contribution < 1.29 is 5.11 Å². The number of nitrogens with zero attached hydrogens (tertiary/aromatic N) is 1. The molecule has 3 heteroatoms. The van der Waals surface area contributed by atoms with E-state index in [-0.39, 0.29) is 5.54 Å². The number of rotatable bonds is 8. The summed E-state index contributed by atoms with van der Waals surface area (Å²) in [5.74, 6) is 0.659. The van der Waals surface area contributed by atoms with Gasteiger partial charge in [-0.25, -0.2) is 0 Å². The number of likely N-dealkylation sites (tertiary alicyclic amines) is 1. The van der Waals surface area contributed by atoms with E-state index in [9.17, 15) is 5.11 Å². The molecular weight excluding hydrogens is 260 g/mol. The number of aliphatic hydroxyl groups excluding tert-OH is 1. The zero-order valence-corrected chi connectivity index (χ0v) is 14.2. The monoisotopic (exact) mass is 296 g/mol. The lowest BCUT2D eigenvalue weighted by atomic mass is 9.84. The number of hydrogen-bond donors (Lipinski definition) is 2. The van der Waals surface area contributed by atoms with Gasteiger partial charge in [0.15, 0.2) is 0 Å². The van der Waals surface area contributed by atoms with Gasteiger partial charge in [0.25, 0.3) is 0 Å². The van der Waals surface area contributed by atoms with Crippen LogP contribution in [-0.4, -0.2) is 47.8 Å². The van der Waals surface area contributed by atoms with Gasteiger partial charge in [0.2, 0.25) is 0 Å². The van der Waals surface area contributed by atoms with Crippen LogP contribution in [0.3, 0.4) is 0 Å². The Hall–Kier alpha value is -0.120. The zero-order chi connectivity index (χ0) is 15.1. The van der Waals surface area contributed by atoms with E-state index in [1.807, 2.05) is 0 Å². The summed E-state index contributed by atoms with van der Waals surface area (Å²) in [6.07, 6.45) is 11.8. The predicted octanol–water partition coefficient (Wildman–Crippen LogP) is 3.17. The van der Waals surface area contributed by atoms with Crippen LogP contribution in [0.4, 0.5) is 0 Å². The topological polar surface area (TPSA) is 35.5 Å². The molecule has 0 amide bonds. The second-order valence-corrected chi connectivity index (χ2v) is 7.20. The maximum absolute atomic E-state index is 9.92. The molecule has 3 atom stereocenters. The Morgan fingerprint density at radius 3 is 2.71 bits per heavy atom. The molecule has 1 saturated carbocycles. The molecule has 1 saturated heterocycles. The van der Waals surface area contributed by atoms with Crippen LogP contribution in [0.2, 0.25) is 0 Å². The van der Waals surface area contributed by atoms with E-state index in [2.05, 4.69) is 24.1 Å². The average Bonchev–Trinajstić information content (AvgIpc) is 2.90. The summed E-state index contributed by atoms with van der Waals surface area (Å²) in [4.78, 5) is 2.75. The summed E-state index contributed by atoms with van der Waals surface area (Å²) in [6, 6.07) is 0.827. The van der Waals surface area contributed by atoms with Crippen molar-refractivity contribution in [2.75, 3.05) is 26.2 Å². The van der Waals surface area contributed by atoms with Gasteiger partial charge in [-0.15, -0.1) is 0 Å². The van der Waals surface area contributed by atoms with Crippen LogP contribution in [-0.2, 0) is 0 Å². The van der Waals surface area contributed by atoms with Gasteiger partial charge in [0.1, 0.15) is 0 Å². The van der Waals surface area contributed by atoms with Gasteiger partial charge in [-0.2, -0.15) is 0 Å². The molecule has 3 nitrogen and oxygen atoms in total. The Kier molecular flexibility index (Phi) is 6.97. The molecule has 1 heterocycles. The fourth-order valence-electron chi connectivity index (χ4n) is 4.75. The summed E-state index contributed by atoms with van der Waals surface area (Å²) in [5, 5.41) is 13.5. The third-order valence-electron chi connectivity index (χ3n) is 5.90. The lowest BCUT2D eigenvalue weighted by Gasteiger charge is -2.39. The highest BCUT2D eigenvalue weighted by molar-refractivity contribution is 4.99. The summed E-state index contributed by atoms with van der Waals surface area (Å²) in [5.41, 5.74) is 0.0186. The number of aliphatic hydroxyl groups is 1. The smallest absolute Gasteiger partial charge is 0.0616 e. The standard InChI is InChI=1S/C18H36N2O/c1-3-8-17-10-5-6-13-20(17)14-11-16-9-7-12-18(16,15-21)19-4-2/h16-17,19,21H,3-15H2,1-2H3. The Morgan fingerprint density at radius 1 is 1.14 bits per heavy atom. The van der Waals surface area contributed by atoms with Crippen molar-refractivity contribution in [1.29, 1.82) is 0 Å². The minimum atomic E-state index is 0.0186. The Labute approximate surface area is 131 Å². The van der Waals surface area contributed by atoms with E-state index in [0.29, 0.717) is 12.5 Å².